The van der Waals surface area contributed by atoms with Gasteiger partial charge in [-0.2, -0.15) is 0 Å². The van der Waals surface area contributed by atoms with E-state index in [0.29, 0.717) is 18.7 Å². The van der Waals surface area contributed by atoms with E-state index in [9.17, 15) is 4.79 Å². The first-order valence-electron chi connectivity index (χ1n) is 9.06. The number of nitrogens with one attached hydrogen (secondary N) is 1. The fraction of sp³-hybridized carbons (Fsp3) is 0.364. The van der Waals surface area contributed by atoms with Crippen molar-refractivity contribution in [3.63, 3.8) is 0 Å². The second-order valence-electron chi connectivity index (χ2n) is 7.76. The molecule has 0 unspecified atom stereocenters. The minimum atomic E-state index is -0.0713. The van der Waals surface area contributed by atoms with Gasteiger partial charge in [-0.05, 0) is 29.3 Å². The lowest BCUT2D eigenvalue weighted by Gasteiger charge is -2.15. The Kier molecular flexibility index (Phi) is 5.12. The molecule has 0 saturated heterocycles. The van der Waals surface area contributed by atoms with Gasteiger partial charge in [0.1, 0.15) is 5.76 Å². The molecule has 1 N–H and O–H groups in total. The third-order valence-electron chi connectivity index (χ3n) is 4.51. The van der Waals surface area contributed by atoms with E-state index in [2.05, 4.69) is 61.4 Å². The zero-order valence-electron chi connectivity index (χ0n) is 15.9. The Balaban J connectivity index is 1.57. The number of aromatic nitrogens is 1. The predicted molar refractivity (Wildman–Crippen MR) is 104 cm³/mol. The number of benzene rings is 2. The number of oxazole rings is 1. The Bertz CT molecular complexity index is 906. The highest BCUT2D eigenvalue weighted by atomic mass is 16.4. The van der Waals surface area contributed by atoms with E-state index < -0.39 is 0 Å². The molecular weight excluding hydrogens is 324 g/mol. The SMILES string of the molecule is C[C@@H](NC(=O)CCc1ncc(C(C)(C)C)o1)c1ccc2ccccc2c1. The largest absolute Gasteiger partial charge is 0.445 e. The van der Waals surface area contributed by atoms with Crippen LogP contribution in [0.15, 0.2) is 53.1 Å². The van der Waals surface area contributed by atoms with Gasteiger partial charge in [0.25, 0.3) is 0 Å². The van der Waals surface area contributed by atoms with Crippen LogP contribution in [0.4, 0.5) is 0 Å². The van der Waals surface area contributed by atoms with Crippen LogP contribution in [-0.2, 0) is 16.6 Å². The van der Waals surface area contributed by atoms with Crippen LogP contribution in [0.2, 0.25) is 0 Å². The Morgan fingerprint density at radius 3 is 2.58 bits per heavy atom. The predicted octanol–water partition coefficient (Wildman–Crippen LogP) is 4.94. The van der Waals surface area contributed by atoms with Gasteiger partial charge < -0.3 is 9.73 Å². The van der Waals surface area contributed by atoms with Crippen molar-refractivity contribution in [2.24, 2.45) is 0 Å². The molecule has 4 heteroatoms. The summed E-state index contributed by atoms with van der Waals surface area (Å²) in [4.78, 5) is 16.6. The van der Waals surface area contributed by atoms with E-state index in [-0.39, 0.29) is 17.4 Å². The van der Waals surface area contributed by atoms with Gasteiger partial charge in [-0.15, -0.1) is 0 Å². The summed E-state index contributed by atoms with van der Waals surface area (Å²) < 4.78 is 5.75. The third-order valence-corrected chi connectivity index (χ3v) is 4.51. The average Bonchev–Trinajstić information content (AvgIpc) is 3.09. The summed E-state index contributed by atoms with van der Waals surface area (Å²) in [6.45, 7) is 8.24. The van der Waals surface area contributed by atoms with Crippen molar-refractivity contribution in [1.82, 2.24) is 10.3 Å². The molecule has 0 aliphatic heterocycles. The molecule has 0 radical (unpaired) electrons. The van der Waals surface area contributed by atoms with Gasteiger partial charge in [-0.1, -0.05) is 57.2 Å². The van der Waals surface area contributed by atoms with Crippen molar-refractivity contribution >= 4 is 16.7 Å². The fourth-order valence-corrected chi connectivity index (χ4v) is 2.87. The Morgan fingerprint density at radius 1 is 1.15 bits per heavy atom. The van der Waals surface area contributed by atoms with E-state index >= 15 is 0 Å². The summed E-state index contributed by atoms with van der Waals surface area (Å²) in [7, 11) is 0. The van der Waals surface area contributed by atoms with E-state index in [4.69, 9.17) is 4.42 Å². The monoisotopic (exact) mass is 350 g/mol. The van der Waals surface area contributed by atoms with Crippen LogP contribution in [0.3, 0.4) is 0 Å². The van der Waals surface area contributed by atoms with Gasteiger partial charge in [0.15, 0.2) is 5.89 Å². The van der Waals surface area contributed by atoms with Crippen LogP contribution >= 0.6 is 0 Å². The molecule has 0 fully saturated rings. The van der Waals surface area contributed by atoms with E-state index in [0.717, 1.165) is 11.3 Å². The lowest BCUT2D eigenvalue weighted by molar-refractivity contribution is -0.121. The third kappa shape index (κ3) is 4.31. The number of rotatable bonds is 5. The number of nitrogens with zero attached hydrogens (tertiary/aromatic N) is 1. The van der Waals surface area contributed by atoms with Crippen molar-refractivity contribution in [2.45, 2.75) is 52.0 Å². The lowest BCUT2D eigenvalue weighted by atomic mass is 9.94. The van der Waals surface area contributed by atoms with Crippen molar-refractivity contribution < 1.29 is 9.21 Å². The zero-order chi connectivity index (χ0) is 18.7. The summed E-state index contributed by atoms with van der Waals surface area (Å²) in [6.07, 6.45) is 2.62. The molecule has 0 bridgehead atoms. The molecule has 1 heterocycles. The molecule has 0 saturated carbocycles. The lowest BCUT2D eigenvalue weighted by Crippen LogP contribution is -2.26. The van der Waals surface area contributed by atoms with Gasteiger partial charge in [-0.25, -0.2) is 4.98 Å². The highest BCUT2D eigenvalue weighted by molar-refractivity contribution is 5.83. The van der Waals surface area contributed by atoms with Crippen molar-refractivity contribution in [3.8, 4) is 0 Å². The first kappa shape index (κ1) is 18.2. The molecule has 1 atom stereocenters. The number of hydrogen-bond donors (Lipinski definition) is 1. The Labute approximate surface area is 154 Å². The number of hydrogen-bond acceptors (Lipinski definition) is 3. The van der Waals surface area contributed by atoms with E-state index in [1.807, 2.05) is 19.1 Å². The molecule has 3 rings (SSSR count). The van der Waals surface area contributed by atoms with Gasteiger partial charge in [0.2, 0.25) is 5.91 Å². The Morgan fingerprint density at radius 2 is 1.88 bits per heavy atom. The van der Waals surface area contributed by atoms with Crippen molar-refractivity contribution in [3.05, 3.63) is 65.9 Å². The maximum atomic E-state index is 12.3. The summed E-state index contributed by atoms with van der Waals surface area (Å²) >= 11 is 0. The molecule has 0 aliphatic rings. The number of carbonyl (C=O) groups excluding carboxylic acids is 1. The smallest absolute Gasteiger partial charge is 0.220 e. The molecule has 1 amide bonds. The summed E-state index contributed by atoms with van der Waals surface area (Å²) in [5, 5.41) is 5.44. The fourth-order valence-electron chi connectivity index (χ4n) is 2.87. The number of aryl methyl sites for hydroxylation is 1. The second-order valence-corrected chi connectivity index (χ2v) is 7.76. The maximum absolute atomic E-state index is 12.3. The summed E-state index contributed by atoms with van der Waals surface area (Å²) in [5.74, 6) is 1.46. The first-order chi connectivity index (χ1) is 12.3. The highest BCUT2D eigenvalue weighted by Crippen LogP contribution is 2.23. The number of carbonyl (C=O) groups is 1. The molecule has 0 aliphatic carbocycles. The quantitative estimate of drug-likeness (QED) is 0.709. The molecule has 26 heavy (non-hydrogen) atoms. The number of amides is 1. The highest BCUT2D eigenvalue weighted by Gasteiger charge is 2.19. The van der Waals surface area contributed by atoms with Gasteiger partial charge in [-0.3, -0.25) is 4.79 Å². The van der Waals surface area contributed by atoms with Crippen LogP contribution in [-0.4, -0.2) is 10.9 Å². The van der Waals surface area contributed by atoms with Crippen LogP contribution in [0.25, 0.3) is 10.8 Å². The molecule has 4 nitrogen and oxygen atoms in total. The minimum Gasteiger partial charge on any atom is -0.445 e. The maximum Gasteiger partial charge on any atom is 0.220 e. The Hall–Kier alpha value is -2.62. The van der Waals surface area contributed by atoms with E-state index in [1.165, 1.54) is 10.8 Å². The van der Waals surface area contributed by atoms with E-state index in [1.54, 1.807) is 6.20 Å². The van der Waals surface area contributed by atoms with Gasteiger partial charge in [0, 0.05) is 18.3 Å². The van der Waals surface area contributed by atoms with Crippen molar-refractivity contribution in [1.29, 1.82) is 0 Å². The minimum absolute atomic E-state index is 0.00108. The average molecular weight is 350 g/mol. The first-order valence-corrected chi connectivity index (χ1v) is 9.06. The number of fused-ring (bicyclic) bond motifs is 1. The normalized spacial score (nSPS) is 12.9. The molecule has 2 aromatic carbocycles. The summed E-state index contributed by atoms with van der Waals surface area (Å²) in [5.41, 5.74) is 1.03. The van der Waals surface area contributed by atoms with Crippen molar-refractivity contribution in [2.75, 3.05) is 0 Å². The van der Waals surface area contributed by atoms with Crippen LogP contribution in [0, 0.1) is 0 Å². The van der Waals surface area contributed by atoms with Crippen LogP contribution < -0.4 is 5.32 Å². The molecule has 0 spiro atoms. The van der Waals surface area contributed by atoms with Gasteiger partial charge >= 0.3 is 0 Å². The molecule has 1 aromatic heterocycles. The van der Waals surface area contributed by atoms with Crippen LogP contribution in [0.5, 0.6) is 0 Å². The van der Waals surface area contributed by atoms with Crippen LogP contribution in [0.1, 0.15) is 57.4 Å². The molecular formula is C22H26N2O2. The zero-order valence-corrected chi connectivity index (χ0v) is 15.9. The standard InChI is InChI=1S/C22H26N2O2/c1-15(17-10-9-16-7-5-6-8-18(16)13-17)24-20(25)11-12-21-23-14-19(26-21)22(2,3)4/h5-10,13-15H,11-12H2,1-4H3,(H,24,25)/t15-/m1/s1. The van der Waals surface area contributed by atoms with Gasteiger partial charge in [0.05, 0.1) is 12.2 Å². The summed E-state index contributed by atoms with van der Waals surface area (Å²) in [6, 6.07) is 14.5. The second kappa shape index (κ2) is 7.32. The topological polar surface area (TPSA) is 55.1 Å². The molecule has 3 aromatic rings. The molecule has 136 valence electrons.